The van der Waals surface area contributed by atoms with Crippen molar-refractivity contribution in [3.8, 4) is 0 Å². The Labute approximate surface area is 412 Å². The minimum Gasteiger partial charge on any atom is -0.462 e. The normalized spacial score (nSPS) is 19.4. The van der Waals surface area contributed by atoms with Gasteiger partial charge in [-0.25, -0.2) is 13.9 Å². The van der Waals surface area contributed by atoms with E-state index in [1.54, 1.807) is 0 Å². The van der Waals surface area contributed by atoms with Crippen LogP contribution in [0.15, 0.2) is 17.1 Å². The van der Waals surface area contributed by atoms with E-state index in [-0.39, 0.29) is 18.7 Å². The first kappa shape index (κ1) is 62.9. The van der Waals surface area contributed by atoms with E-state index >= 15 is 0 Å². The van der Waals surface area contributed by atoms with Crippen molar-refractivity contribution < 1.29 is 66.3 Å². The Bertz CT molecular complexity index is 1680. The monoisotopic (exact) mass is 1020 g/mol. The molecule has 1 fully saturated rings. The summed E-state index contributed by atoms with van der Waals surface area (Å²) in [4.78, 5) is 61.9. The second-order valence-electron chi connectivity index (χ2n) is 19.7. The zero-order valence-electron chi connectivity index (χ0n) is 42.5. The molecule has 0 bridgehead atoms. The molecule has 7 atom stereocenters. The average molecular weight is 1020 g/mol. The molecule has 3 unspecified atom stereocenters. The number of ether oxygens (including phenoxy) is 3. The van der Waals surface area contributed by atoms with Crippen molar-refractivity contribution in [3.05, 3.63) is 22.7 Å². The summed E-state index contributed by atoms with van der Waals surface area (Å²) in [7, 11) is -10.8. The van der Waals surface area contributed by atoms with Gasteiger partial charge in [0, 0.05) is 19.0 Å². The molecule has 6 N–H and O–H groups in total. The van der Waals surface area contributed by atoms with Crippen molar-refractivity contribution >= 4 is 33.4 Å². The molecule has 402 valence electrons. The van der Waals surface area contributed by atoms with E-state index in [1.165, 1.54) is 121 Å². The van der Waals surface area contributed by atoms with Gasteiger partial charge < -0.3 is 39.9 Å². The van der Waals surface area contributed by atoms with Crippen LogP contribution in [0, 0.1) is 11.8 Å². The highest BCUT2D eigenvalue weighted by Gasteiger charge is 2.46. The molecule has 0 saturated carbocycles. The number of phosphoric acid groups is 2. The summed E-state index contributed by atoms with van der Waals surface area (Å²) in [6.07, 6.45) is 24.8. The quantitative estimate of drug-likeness (QED) is 0.0231. The number of esters is 2. The highest BCUT2D eigenvalue weighted by atomic mass is 31.3. The van der Waals surface area contributed by atoms with Crippen molar-refractivity contribution in [1.82, 2.24) is 9.55 Å². The van der Waals surface area contributed by atoms with E-state index in [2.05, 4.69) is 37.0 Å². The minimum absolute atomic E-state index is 0.0569. The van der Waals surface area contributed by atoms with Crippen LogP contribution < -0.4 is 11.4 Å². The molecule has 2 heterocycles. The van der Waals surface area contributed by atoms with Crippen LogP contribution in [0.5, 0.6) is 0 Å². The van der Waals surface area contributed by atoms with Crippen molar-refractivity contribution in [1.29, 1.82) is 0 Å². The van der Waals surface area contributed by atoms with Gasteiger partial charge in [0.2, 0.25) is 0 Å². The summed E-state index contributed by atoms with van der Waals surface area (Å²) in [5, 5.41) is 20.9. The maximum Gasteiger partial charge on any atom is 0.481 e. The van der Waals surface area contributed by atoms with E-state index in [0.29, 0.717) is 12.8 Å². The first-order chi connectivity index (χ1) is 32.9. The molecular weight excluding hydrogens is 932 g/mol. The van der Waals surface area contributed by atoms with Crippen LogP contribution in [0.4, 0.5) is 5.82 Å². The van der Waals surface area contributed by atoms with Gasteiger partial charge in [-0.05, 0) is 30.7 Å². The first-order valence-electron chi connectivity index (χ1n) is 26.3. The molecule has 69 heavy (non-hydrogen) atoms. The van der Waals surface area contributed by atoms with Crippen molar-refractivity contribution in [2.24, 2.45) is 11.8 Å². The number of nitrogen functional groups attached to an aromatic ring is 1. The van der Waals surface area contributed by atoms with Crippen molar-refractivity contribution in [2.75, 3.05) is 25.6 Å². The standard InChI is InChI=1S/C49H91N3O15P2/c1-39(2)30-26-22-18-14-10-8-6-5-7-9-11-17-21-25-29-33-45(54)65-41(36-62-44(53)32-28-24-20-16-13-12-15-19-23-27-31-40(3)4)37-63-68(58,59)67-69(60,61)64-38-42-46(55)47(56)48(66-42)52-35-34-43(50)51-49(52)57/h34-35,39-42,46-48,55-56H,5-33,36-38H2,1-4H3,(H,58,59)(H,60,61)(H2,50,51,57)/t41-,42-,46+,47?,48-/m1/s1. The Morgan fingerprint density at radius 1 is 0.652 bits per heavy atom. The lowest BCUT2D eigenvalue weighted by Gasteiger charge is -2.21. The first-order valence-corrected chi connectivity index (χ1v) is 29.3. The Balaban J connectivity index is 1.77. The van der Waals surface area contributed by atoms with Gasteiger partial charge in [-0.1, -0.05) is 188 Å². The van der Waals surface area contributed by atoms with Crippen LogP contribution in [0.25, 0.3) is 0 Å². The van der Waals surface area contributed by atoms with Crippen LogP contribution >= 0.6 is 15.6 Å². The van der Waals surface area contributed by atoms with Crippen molar-refractivity contribution in [3.63, 3.8) is 0 Å². The van der Waals surface area contributed by atoms with E-state index < -0.39 is 83.7 Å². The number of phosphoric ester groups is 2. The fourth-order valence-electron chi connectivity index (χ4n) is 8.21. The van der Waals surface area contributed by atoms with Gasteiger partial charge in [-0.15, -0.1) is 0 Å². The Morgan fingerprint density at radius 3 is 1.52 bits per heavy atom. The number of aliphatic hydroxyl groups is 2. The molecule has 0 aliphatic carbocycles. The molecule has 1 aromatic heterocycles. The number of nitrogens with zero attached hydrogens (tertiary/aromatic N) is 2. The van der Waals surface area contributed by atoms with Gasteiger partial charge in [0.05, 0.1) is 13.2 Å². The van der Waals surface area contributed by atoms with Crippen LogP contribution in [0.3, 0.4) is 0 Å². The molecule has 18 nitrogen and oxygen atoms in total. The Hall–Kier alpha value is -2.24. The lowest BCUT2D eigenvalue weighted by molar-refractivity contribution is -0.161. The molecule has 1 aromatic rings. The lowest BCUT2D eigenvalue weighted by Crippen LogP contribution is -2.36. The Morgan fingerprint density at radius 2 is 1.07 bits per heavy atom. The van der Waals surface area contributed by atoms with Crippen molar-refractivity contribution in [2.45, 2.75) is 245 Å². The number of carbonyl (C=O) groups is 2. The average Bonchev–Trinajstić information content (AvgIpc) is 3.56. The molecule has 1 saturated heterocycles. The molecular formula is C49H91N3O15P2. The molecule has 1 aliphatic rings. The number of carbonyl (C=O) groups excluding carboxylic acids is 2. The zero-order valence-corrected chi connectivity index (χ0v) is 44.3. The van der Waals surface area contributed by atoms with Crippen LogP contribution in [-0.4, -0.2) is 85.7 Å². The minimum atomic E-state index is -5.42. The topological polar surface area (TPSA) is 265 Å². The largest absolute Gasteiger partial charge is 0.481 e. The van der Waals surface area contributed by atoms with Crippen LogP contribution in [0.1, 0.15) is 220 Å². The van der Waals surface area contributed by atoms with E-state index in [0.717, 1.165) is 67.8 Å². The fraction of sp³-hybridized carbons (Fsp3) is 0.878. The second kappa shape index (κ2) is 36.6. The number of hydrogen-bond acceptors (Lipinski definition) is 15. The molecule has 0 spiro atoms. The maximum atomic E-state index is 12.9. The molecule has 0 aromatic carbocycles. The fourth-order valence-corrected chi connectivity index (χ4v) is 10.3. The summed E-state index contributed by atoms with van der Waals surface area (Å²) in [5.41, 5.74) is 4.59. The van der Waals surface area contributed by atoms with Gasteiger partial charge in [0.25, 0.3) is 0 Å². The van der Waals surface area contributed by atoms with Gasteiger partial charge in [0.15, 0.2) is 12.3 Å². The summed E-state index contributed by atoms with van der Waals surface area (Å²) >= 11 is 0. The molecule has 20 heteroatoms. The number of rotatable bonds is 43. The third-order valence-corrected chi connectivity index (χ3v) is 14.9. The number of aliphatic hydroxyl groups excluding tert-OH is 2. The highest BCUT2D eigenvalue weighted by Crippen LogP contribution is 2.60. The summed E-state index contributed by atoms with van der Waals surface area (Å²) in [5.74, 6) is 0.279. The predicted octanol–water partition coefficient (Wildman–Crippen LogP) is 10.8. The number of nitrogens with two attached hydrogens (primary N) is 1. The van der Waals surface area contributed by atoms with Crippen LogP contribution in [-0.2, 0) is 46.3 Å². The van der Waals surface area contributed by atoms with E-state index in [4.69, 9.17) is 29.0 Å². The van der Waals surface area contributed by atoms with E-state index in [1.807, 2.05) is 0 Å². The maximum absolute atomic E-state index is 12.9. The number of aromatic nitrogens is 2. The highest BCUT2D eigenvalue weighted by molar-refractivity contribution is 7.61. The number of anilines is 1. The zero-order chi connectivity index (χ0) is 50.9. The SMILES string of the molecule is CC(C)CCCCCCCCCCCCCCCCCC(=O)O[C@H](COC(=O)CCCCCCCCCCCCC(C)C)COP(=O)(O)OP(=O)(O)OC[C@H]1O[C@@H](n2ccc(N)nc2=O)C(O)[C@H]1O. The number of unbranched alkanes of at least 4 members (excludes halogenated alkanes) is 23. The Kier molecular flexibility index (Phi) is 33.4. The summed E-state index contributed by atoms with van der Waals surface area (Å²) in [6, 6.07) is 1.25. The molecule has 2 rings (SSSR count). The molecule has 0 amide bonds. The number of hydrogen-bond donors (Lipinski definition) is 5. The van der Waals surface area contributed by atoms with Gasteiger partial charge >= 0.3 is 33.3 Å². The second-order valence-corrected chi connectivity index (χ2v) is 22.7. The van der Waals surface area contributed by atoms with Gasteiger partial charge in [-0.3, -0.25) is 23.2 Å². The summed E-state index contributed by atoms with van der Waals surface area (Å²) < 4.78 is 56.8. The smallest absolute Gasteiger partial charge is 0.462 e. The van der Waals surface area contributed by atoms with Gasteiger partial charge in [-0.2, -0.15) is 9.29 Å². The third-order valence-electron chi connectivity index (χ3n) is 12.3. The predicted molar refractivity (Wildman–Crippen MR) is 266 cm³/mol. The van der Waals surface area contributed by atoms with Crippen LogP contribution in [0.2, 0.25) is 0 Å². The van der Waals surface area contributed by atoms with Gasteiger partial charge in [0.1, 0.15) is 30.7 Å². The molecule has 1 aliphatic heterocycles. The molecule has 0 radical (unpaired) electrons. The summed E-state index contributed by atoms with van der Waals surface area (Å²) in [6.45, 7) is 6.80. The lowest BCUT2D eigenvalue weighted by atomic mass is 10.0. The third kappa shape index (κ3) is 31.1. The van der Waals surface area contributed by atoms with E-state index in [9.17, 15) is 43.5 Å².